The lowest BCUT2D eigenvalue weighted by atomic mass is 9.98. The van der Waals surface area contributed by atoms with Gasteiger partial charge in [-0.3, -0.25) is 0 Å². The second kappa shape index (κ2) is 11.2. The van der Waals surface area contributed by atoms with Crippen LogP contribution in [-0.2, 0) is 19.3 Å². The van der Waals surface area contributed by atoms with Crippen molar-refractivity contribution in [3.63, 3.8) is 0 Å². The molecular weight excluding hydrogens is 543 g/mol. The van der Waals surface area contributed by atoms with Crippen LogP contribution in [0.25, 0.3) is 22.4 Å². The Hall–Kier alpha value is -4.63. The lowest BCUT2D eigenvalue weighted by molar-refractivity contribution is -0.137. The van der Waals surface area contributed by atoms with E-state index in [-0.39, 0.29) is 22.9 Å². The predicted octanol–water partition coefficient (Wildman–Crippen LogP) is 7.61. The number of carboxylic acids is 1. The fourth-order valence-electron chi connectivity index (χ4n) is 4.14. The van der Waals surface area contributed by atoms with Crippen LogP contribution in [-0.4, -0.2) is 26.1 Å². The van der Waals surface area contributed by atoms with E-state index >= 15 is 0 Å². The molecule has 0 aliphatic heterocycles. The first-order valence-electron chi connectivity index (χ1n) is 12.1. The van der Waals surface area contributed by atoms with Crippen molar-refractivity contribution in [1.82, 2.24) is 15.0 Å². The third-order valence-electron chi connectivity index (χ3n) is 6.23. The van der Waals surface area contributed by atoms with Crippen LogP contribution in [0.1, 0.15) is 27.0 Å². The summed E-state index contributed by atoms with van der Waals surface area (Å²) in [4.78, 5) is 11.0. The molecule has 0 spiro atoms. The summed E-state index contributed by atoms with van der Waals surface area (Å²) in [6, 6.07) is 24.7. The molecule has 1 aromatic heterocycles. The Morgan fingerprint density at radius 2 is 1.62 bits per heavy atom. The Balaban J connectivity index is 1.30. The van der Waals surface area contributed by atoms with Crippen molar-refractivity contribution in [2.45, 2.75) is 19.3 Å². The SMILES string of the molecule is O=C(O)c1ccc(Cn2cc(-c3ccc(-c4ccccc4COc4cc(C(F)(F)F)ccc4Cl)cc3)nn2)cc1. The molecule has 0 atom stereocenters. The van der Waals surface area contributed by atoms with Crippen LogP contribution in [0.5, 0.6) is 5.75 Å². The maximum Gasteiger partial charge on any atom is 0.416 e. The summed E-state index contributed by atoms with van der Waals surface area (Å²) in [6.07, 6.45) is -2.69. The summed E-state index contributed by atoms with van der Waals surface area (Å²) >= 11 is 6.08. The summed E-state index contributed by atoms with van der Waals surface area (Å²) in [6.45, 7) is 0.467. The molecule has 4 aromatic carbocycles. The highest BCUT2D eigenvalue weighted by atomic mass is 35.5. The number of aromatic carboxylic acids is 1. The minimum Gasteiger partial charge on any atom is -0.487 e. The van der Waals surface area contributed by atoms with Crippen molar-refractivity contribution in [1.29, 1.82) is 0 Å². The van der Waals surface area contributed by atoms with Crippen molar-refractivity contribution >= 4 is 17.6 Å². The molecule has 0 fully saturated rings. The van der Waals surface area contributed by atoms with Crippen LogP contribution in [0.4, 0.5) is 13.2 Å². The van der Waals surface area contributed by atoms with Crippen molar-refractivity contribution in [2.24, 2.45) is 0 Å². The Labute approximate surface area is 232 Å². The third-order valence-corrected chi connectivity index (χ3v) is 6.55. The van der Waals surface area contributed by atoms with E-state index < -0.39 is 17.7 Å². The molecule has 0 aliphatic rings. The van der Waals surface area contributed by atoms with Crippen LogP contribution < -0.4 is 4.74 Å². The highest BCUT2D eigenvalue weighted by molar-refractivity contribution is 6.32. The van der Waals surface area contributed by atoms with Crippen molar-refractivity contribution in [3.8, 4) is 28.1 Å². The number of aromatic nitrogens is 3. The molecule has 5 aromatic rings. The van der Waals surface area contributed by atoms with Gasteiger partial charge < -0.3 is 9.84 Å². The second-order valence-electron chi connectivity index (χ2n) is 8.97. The number of carbonyl (C=O) groups is 1. The molecule has 0 aliphatic carbocycles. The summed E-state index contributed by atoms with van der Waals surface area (Å²) in [5.74, 6) is -1.02. The van der Waals surface area contributed by atoms with Crippen LogP contribution in [0.3, 0.4) is 0 Å². The first-order chi connectivity index (χ1) is 19.2. The average molecular weight is 564 g/mol. The van der Waals surface area contributed by atoms with E-state index in [0.717, 1.165) is 39.9 Å². The minimum absolute atomic E-state index is 0.0285. The van der Waals surface area contributed by atoms with Crippen LogP contribution in [0.15, 0.2) is 97.2 Å². The summed E-state index contributed by atoms with van der Waals surface area (Å²) in [5, 5.41) is 17.6. The van der Waals surface area contributed by atoms with Gasteiger partial charge in [-0.1, -0.05) is 77.5 Å². The maximum absolute atomic E-state index is 13.1. The van der Waals surface area contributed by atoms with Gasteiger partial charge in [0.05, 0.1) is 28.9 Å². The van der Waals surface area contributed by atoms with Crippen molar-refractivity contribution in [3.05, 3.63) is 124 Å². The monoisotopic (exact) mass is 563 g/mol. The van der Waals surface area contributed by atoms with Gasteiger partial charge in [0.15, 0.2) is 0 Å². The van der Waals surface area contributed by atoms with E-state index in [0.29, 0.717) is 12.2 Å². The fraction of sp³-hybridized carbons (Fsp3) is 0.100. The van der Waals surface area contributed by atoms with Crippen LogP contribution in [0.2, 0.25) is 5.02 Å². The summed E-state index contributed by atoms with van der Waals surface area (Å²) < 4.78 is 46.7. The molecule has 6 nitrogen and oxygen atoms in total. The van der Waals surface area contributed by atoms with Crippen molar-refractivity contribution in [2.75, 3.05) is 0 Å². The second-order valence-corrected chi connectivity index (χ2v) is 9.38. The van der Waals surface area contributed by atoms with Crippen LogP contribution >= 0.6 is 11.6 Å². The fourth-order valence-corrected chi connectivity index (χ4v) is 4.31. The number of hydrogen-bond acceptors (Lipinski definition) is 4. The number of halogens is 4. The zero-order chi connectivity index (χ0) is 28.3. The zero-order valence-corrected chi connectivity index (χ0v) is 21.5. The molecule has 1 heterocycles. The van der Waals surface area contributed by atoms with Crippen LogP contribution in [0, 0.1) is 0 Å². The van der Waals surface area contributed by atoms with E-state index in [9.17, 15) is 18.0 Å². The molecule has 0 radical (unpaired) electrons. The average Bonchev–Trinajstić information content (AvgIpc) is 3.41. The number of benzene rings is 4. The highest BCUT2D eigenvalue weighted by Gasteiger charge is 2.31. The van der Waals surface area contributed by atoms with Gasteiger partial charge in [0.2, 0.25) is 0 Å². The first-order valence-corrected chi connectivity index (χ1v) is 12.5. The maximum atomic E-state index is 13.1. The van der Waals surface area contributed by atoms with Gasteiger partial charge in [0.25, 0.3) is 0 Å². The van der Waals surface area contributed by atoms with E-state index in [1.807, 2.05) is 48.5 Å². The smallest absolute Gasteiger partial charge is 0.416 e. The Bertz CT molecular complexity index is 1650. The van der Waals surface area contributed by atoms with E-state index in [2.05, 4.69) is 10.3 Å². The molecule has 0 saturated carbocycles. The summed E-state index contributed by atoms with van der Waals surface area (Å²) in [5.41, 5.74) is 4.34. The lowest BCUT2D eigenvalue weighted by Crippen LogP contribution is -2.06. The normalized spacial score (nSPS) is 11.4. The molecule has 0 amide bonds. The molecule has 0 unspecified atom stereocenters. The van der Waals surface area contributed by atoms with Gasteiger partial charge in [-0.15, -0.1) is 5.10 Å². The number of alkyl halides is 3. The largest absolute Gasteiger partial charge is 0.487 e. The highest BCUT2D eigenvalue weighted by Crippen LogP contribution is 2.36. The van der Waals surface area contributed by atoms with Crippen molar-refractivity contribution < 1.29 is 27.8 Å². The Morgan fingerprint density at radius 1 is 0.925 bits per heavy atom. The standard InChI is InChI=1S/C30H21ClF3N3O3/c31-26-14-13-24(30(32,33)34)15-28(26)40-18-23-3-1-2-4-25(23)20-9-11-21(12-10-20)27-17-37(36-35-27)16-19-5-7-22(8-6-19)29(38)39/h1-15,17H,16,18H2,(H,38,39). The Kier molecular flexibility index (Phi) is 7.57. The molecule has 202 valence electrons. The number of nitrogens with zero attached hydrogens (tertiary/aromatic N) is 3. The number of ether oxygens (including phenoxy) is 1. The zero-order valence-electron chi connectivity index (χ0n) is 20.8. The van der Waals surface area contributed by atoms with Gasteiger partial charge in [-0.05, 0) is 52.6 Å². The quantitative estimate of drug-likeness (QED) is 0.210. The van der Waals surface area contributed by atoms with Gasteiger partial charge in [-0.2, -0.15) is 13.2 Å². The van der Waals surface area contributed by atoms with E-state index in [1.165, 1.54) is 6.07 Å². The van der Waals surface area contributed by atoms with Gasteiger partial charge in [-0.25, -0.2) is 9.48 Å². The topological polar surface area (TPSA) is 77.2 Å². The predicted molar refractivity (Wildman–Crippen MR) is 144 cm³/mol. The molecule has 10 heteroatoms. The molecule has 0 saturated heterocycles. The van der Waals surface area contributed by atoms with E-state index in [1.54, 1.807) is 35.1 Å². The Morgan fingerprint density at radius 3 is 2.33 bits per heavy atom. The molecule has 1 N–H and O–H groups in total. The molecule has 5 rings (SSSR count). The number of carboxylic acid groups (broad SMARTS) is 1. The number of hydrogen-bond donors (Lipinski definition) is 1. The summed E-state index contributed by atoms with van der Waals surface area (Å²) in [7, 11) is 0. The lowest BCUT2D eigenvalue weighted by Gasteiger charge is -2.14. The van der Waals surface area contributed by atoms with Gasteiger partial charge in [0, 0.05) is 5.56 Å². The first kappa shape index (κ1) is 27.0. The molecule has 0 bridgehead atoms. The number of rotatable bonds is 8. The molecular formula is C30H21ClF3N3O3. The third kappa shape index (κ3) is 6.16. The molecule has 40 heavy (non-hydrogen) atoms. The minimum atomic E-state index is -4.50. The van der Waals surface area contributed by atoms with E-state index in [4.69, 9.17) is 21.4 Å². The van der Waals surface area contributed by atoms with Gasteiger partial charge >= 0.3 is 12.1 Å². The van der Waals surface area contributed by atoms with Gasteiger partial charge in [0.1, 0.15) is 18.1 Å².